The Hall–Kier alpha value is -3.48. The van der Waals surface area contributed by atoms with Crippen LogP contribution in [0.3, 0.4) is 0 Å². The Morgan fingerprint density at radius 2 is 1.67 bits per heavy atom. The number of nitrogens with one attached hydrogen (secondary N) is 3. The second-order valence-electron chi connectivity index (χ2n) is 6.20. The first kappa shape index (κ1) is 18.3. The monoisotopic (exact) mass is 364 g/mol. The fraction of sp³-hybridized carbons (Fsp3) is 0.200. The Balaban J connectivity index is 1.57. The Bertz CT molecular complexity index is 1010. The topological polar surface area (TPSA) is 104 Å². The highest BCUT2D eigenvalue weighted by Gasteiger charge is 2.13. The normalized spacial score (nSPS) is 11.7. The van der Waals surface area contributed by atoms with Gasteiger partial charge in [0.2, 0.25) is 11.8 Å². The van der Waals surface area contributed by atoms with Gasteiger partial charge in [-0.2, -0.15) is 5.10 Å². The molecule has 7 nitrogen and oxygen atoms in total. The third-order valence-corrected chi connectivity index (χ3v) is 4.23. The molecule has 138 valence electrons. The van der Waals surface area contributed by atoms with E-state index >= 15 is 0 Å². The number of carbonyl (C=O) groups excluding carboxylic acids is 2. The van der Waals surface area contributed by atoms with Crippen LogP contribution in [0, 0.1) is 0 Å². The van der Waals surface area contributed by atoms with Gasteiger partial charge >= 0.3 is 0 Å². The van der Waals surface area contributed by atoms with Gasteiger partial charge < -0.3 is 10.6 Å². The SMILES string of the molecule is C[C@H](NC(=O)CNC(=O)Cc1n[nH]c(=O)c2ccccc12)c1ccccc1. The molecule has 0 saturated carbocycles. The predicted molar refractivity (Wildman–Crippen MR) is 102 cm³/mol. The molecule has 1 heterocycles. The molecule has 2 amide bonds. The summed E-state index contributed by atoms with van der Waals surface area (Å²) in [6.45, 7) is 1.75. The van der Waals surface area contributed by atoms with Gasteiger partial charge in [-0.15, -0.1) is 0 Å². The van der Waals surface area contributed by atoms with Gasteiger partial charge in [0.25, 0.3) is 5.56 Å². The number of amides is 2. The maximum atomic E-state index is 12.2. The number of aromatic amines is 1. The summed E-state index contributed by atoms with van der Waals surface area (Å²) in [5, 5.41) is 12.9. The number of fused-ring (bicyclic) bond motifs is 1. The van der Waals surface area contributed by atoms with E-state index in [0.717, 1.165) is 5.56 Å². The summed E-state index contributed by atoms with van der Waals surface area (Å²) in [5.41, 5.74) is 1.14. The van der Waals surface area contributed by atoms with Gasteiger partial charge in [0.1, 0.15) is 0 Å². The number of rotatable bonds is 6. The van der Waals surface area contributed by atoms with Crippen LogP contribution in [0.5, 0.6) is 0 Å². The van der Waals surface area contributed by atoms with Crippen LogP contribution in [0.25, 0.3) is 10.8 Å². The van der Waals surface area contributed by atoms with Crippen LogP contribution in [-0.2, 0) is 16.0 Å². The zero-order valence-corrected chi connectivity index (χ0v) is 14.9. The summed E-state index contributed by atoms with van der Waals surface area (Å²) >= 11 is 0. The average molecular weight is 364 g/mol. The van der Waals surface area contributed by atoms with Gasteiger partial charge in [0, 0.05) is 5.39 Å². The smallest absolute Gasteiger partial charge is 0.272 e. The molecule has 0 radical (unpaired) electrons. The molecule has 0 aliphatic heterocycles. The minimum atomic E-state index is -0.345. The van der Waals surface area contributed by atoms with E-state index < -0.39 is 0 Å². The molecular weight excluding hydrogens is 344 g/mol. The van der Waals surface area contributed by atoms with Gasteiger partial charge in [0.15, 0.2) is 0 Å². The number of H-pyrrole nitrogens is 1. The van der Waals surface area contributed by atoms with Gasteiger partial charge in [-0.1, -0.05) is 48.5 Å². The molecule has 3 N–H and O–H groups in total. The molecule has 27 heavy (non-hydrogen) atoms. The second kappa shape index (κ2) is 8.27. The molecule has 1 atom stereocenters. The molecular formula is C20H20N4O3. The lowest BCUT2D eigenvalue weighted by molar-refractivity contribution is -0.126. The molecule has 3 aromatic rings. The van der Waals surface area contributed by atoms with Gasteiger partial charge in [-0.05, 0) is 18.6 Å². The molecule has 0 unspecified atom stereocenters. The molecule has 7 heteroatoms. The van der Waals surface area contributed by atoms with Crippen molar-refractivity contribution in [3.8, 4) is 0 Å². The van der Waals surface area contributed by atoms with Crippen LogP contribution in [0.1, 0.15) is 24.2 Å². The Morgan fingerprint density at radius 1 is 1.00 bits per heavy atom. The van der Waals surface area contributed by atoms with Crippen molar-refractivity contribution < 1.29 is 9.59 Å². The molecule has 1 aromatic heterocycles. The van der Waals surface area contributed by atoms with E-state index in [4.69, 9.17) is 0 Å². The Labute approximate surface area is 155 Å². The highest BCUT2D eigenvalue weighted by atomic mass is 16.2. The first-order chi connectivity index (χ1) is 13.0. The van der Waals surface area contributed by atoms with Crippen molar-refractivity contribution in [2.24, 2.45) is 0 Å². The Morgan fingerprint density at radius 3 is 2.41 bits per heavy atom. The van der Waals surface area contributed by atoms with E-state index in [-0.39, 0.29) is 36.4 Å². The molecule has 2 aromatic carbocycles. The average Bonchev–Trinajstić information content (AvgIpc) is 2.69. The van der Waals surface area contributed by atoms with E-state index in [9.17, 15) is 14.4 Å². The number of nitrogens with zero attached hydrogens (tertiary/aromatic N) is 1. The highest BCUT2D eigenvalue weighted by Crippen LogP contribution is 2.13. The van der Waals surface area contributed by atoms with Gasteiger partial charge in [0.05, 0.1) is 30.1 Å². The molecule has 0 fully saturated rings. The molecule has 0 bridgehead atoms. The van der Waals surface area contributed by atoms with E-state index in [2.05, 4.69) is 20.8 Å². The van der Waals surface area contributed by atoms with Crippen LogP contribution < -0.4 is 16.2 Å². The second-order valence-corrected chi connectivity index (χ2v) is 6.20. The lowest BCUT2D eigenvalue weighted by atomic mass is 10.1. The molecule has 0 aliphatic rings. The highest BCUT2D eigenvalue weighted by molar-refractivity contribution is 5.90. The van der Waals surface area contributed by atoms with E-state index in [1.165, 1.54) is 0 Å². The largest absolute Gasteiger partial charge is 0.348 e. The first-order valence-corrected chi connectivity index (χ1v) is 8.62. The maximum absolute atomic E-state index is 12.2. The van der Waals surface area contributed by atoms with Crippen molar-refractivity contribution >= 4 is 22.6 Å². The number of hydrogen-bond acceptors (Lipinski definition) is 4. The summed E-state index contributed by atoms with van der Waals surface area (Å²) in [4.78, 5) is 36.0. The zero-order chi connectivity index (χ0) is 19.2. The van der Waals surface area contributed by atoms with E-state index in [1.54, 1.807) is 24.3 Å². The van der Waals surface area contributed by atoms with Crippen LogP contribution in [0.2, 0.25) is 0 Å². The van der Waals surface area contributed by atoms with Crippen molar-refractivity contribution in [1.82, 2.24) is 20.8 Å². The van der Waals surface area contributed by atoms with Crippen molar-refractivity contribution in [1.29, 1.82) is 0 Å². The van der Waals surface area contributed by atoms with Gasteiger partial charge in [-0.25, -0.2) is 5.10 Å². The first-order valence-electron chi connectivity index (χ1n) is 8.62. The summed E-state index contributed by atoms with van der Waals surface area (Å²) in [6, 6.07) is 16.4. The van der Waals surface area contributed by atoms with Gasteiger partial charge in [-0.3, -0.25) is 14.4 Å². The van der Waals surface area contributed by atoms with Crippen LogP contribution >= 0.6 is 0 Å². The number of hydrogen-bond donors (Lipinski definition) is 3. The number of carbonyl (C=O) groups is 2. The standard InChI is InChI=1S/C20H20N4O3/c1-13(14-7-3-2-4-8-14)22-19(26)12-21-18(25)11-17-15-9-5-6-10-16(15)20(27)24-23-17/h2-10,13H,11-12H2,1H3,(H,21,25)(H,22,26)(H,24,27)/t13-/m0/s1. The number of benzene rings is 2. The molecule has 3 rings (SSSR count). The quantitative estimate of drug-likeness (QED) is 0.616. The molecule has 0 spiro atoms. The lowest BCUT2D eigenvalue weighted by Crippen LogP contribution is -2.38. The molecule has 0 saturated heterocycles. The van der Waals surface area contributed by atoms with E-state index in [0.29, 0.717) is 16.5 Å². The minimum absolute atomic E-state index is 0.0290. The van der Waals surface area contributed by atoms with E-state index in [1.807, 2.05) is 37.3 Å². The third-order valence-electron chi connectivity index (χ3n) is 4.23. The minimum Gasteiger partial charge on any atom is -0.348 e. The maximum Gasteiger partial charge on any atom is 0.272 e. The number of aromatic nitrogens is 2. The third kappa shape index (κ3) is 4.58. The lowest BCUT2D eigenvalue weighted by Gasteiger charge is -2.14. The van der Waals surface area contributed by atoms with Crippen molar-refractivity contribution in [3.63, 3.8) is 0 Å². The Kier molecular flexibility index (Phi) is 5.61. The predicted octanol–water partition coefficient (Wildman–Crippen LogP) is 1.46. The summed E-state index contributed by atoms with van der Waals surface area (Å²) in [5.74, 6) is -0.624. The fourth-order valence-electron chi connectivity index (χ4n) is 2.82. The van der Waals surface area contributed by atoms with Crippen molar-refractivity contribution in [2.75, 3.05) is 6.54 Å². The fourth-order valence-corrected chi connectivity index (χ4v) is 2.82. The van der Waals surface area contributed by atoms with Crippen LogP contribution in [-0.4, -0.2) is 28.6 Å². The summed E-state index contributed by atoms with van der Waals surface area (Å²) in [7, 11) is 0. The van der Waals surface area contributed by atoms with Crippen molar-refractivity contribution in [2.45, 2.75) is 19.4 Å². The van der Waals surface area contributed by atoms with Crippen molar-refractivity contribution in [3.05, 3.63) is 76.2 Å². The summed E-state index contributed by atoms with van der Waals surface area (Å²) < 4.78 is 0. The summed E-state index contributed by atoms with van der Waals surface area (Å²) in [6.07, 6.45) is -0.0290. The molecule has 0 aliphatic carbocycles. The zero-order valence-electron chi connectivity index (χ0n) is 14.9. The van der Waals surface area contributed by atoms with Crippen LogP contribution in [0.4, 0.5) is 0 Å². The van der Waals surface area contributed by atoms with Crippen LogP contribution in [0.15, 0.2) is 59.4 Å².